The average molecular weight is 389 g/mol. The van der Waals surface area contributed by atoms with Gasteiger partial charge < -0.3 is 9.47 Å². The van der Waals surface area contributed by atoms with Crippen LogP contribution in [0.4, 0.5) is 10.1 Å². The van der Waals surface area contributed by atoms with Crippen LogP contribution in [-0.2, 0) is 6.54 Å². The summed E-state index contributed by atoms with van der Waals surface area (Å²) in [7, 11) is 1.47. The van der Waals surface area contributed by atoms with Gasteiger partial charge in [0.05, 0.1) is 11.3 Å². The maximum absolute atomic E-state index is 13.9. The molecular formula is C18H14ClFN4O3. The second kappa shape index (κ2) is 7.55. The molecule has 0 unspecified atom stereocenters. The zero-order valence-corrected chi connectivity index (χ0v) is 14.9. The molecule has 9 heteroatoms. The van der Waals surface area contributed by atoms with E-state index in [4.69, 9.17) is 11.6 Å². The fourth-order valence-corrected chi connectivity index (χ4v) is 2.86. The Morgan fingerprint density at radius 1 is 1.37 bits per heavy atom. The number of imidazole rings is 1. The summed E-state index contributed by atoms with van der Waals surface area (Å²) in [6.45, 7) is -0.0680. The highest BCUT2D eigenvalue weighted by molar-refractivity contribution is 6.31. The van der Waals surface area contributed by atoms with Crippen LogP contribution in [0.15, 0.2) is 55.1 Å². The molecule has 138 valence electrons. The van der Waals surface area contributed by atoms with Gasteiger partial charge in [-0.15, -0.1) is 0 Å². The van der Waals surface area contributed by atoms with E-state index in [1.165, 1.54) is 65.4 Å². The SMILES string of the molecule is CN(Cc1c(F)cccc1Cl)C(=O)c1ccc(-n2ccnc2)c([N+](=O)[O-])c1. The minimum Gasteiger partial charge on any atom is -0.337 e. The number of aromatic nitrogens is 2. The Labute approximate surface area is 158 Å². The highest BCUT2D eigenvalue weighted by Crippen LogP contribution is 2.26. The Morgan fingerprint density at radius 2 is 2.15 bits per heavy atom. The number of carbonyl (C=O) groups is 1. The number of amides is 1. The summed E-state index contributed by atoms with van der Waals surface area (Å²) in [5.41, 5.74) is 0.338. The molecular weight excluding hydrogens is 375 g/mol. The molecule has 0 aliphatic rings. The van der Waals surface area contributed by atoms with Crippen LogP contribution < -0.4 is 0 Å². The van der Waals surface area contributed by atoms with Crippen LogP contribution in [0.3, 0.4) is 0 Å². The van der Waals surface area contributed by atoms with Crippen molar-refractivity contribution in [1.29, 1.82) is 0 Å². The Morgan fingerprint density at radius 3 is 2.78 bits per heavy atom. The smallest absolute Gasteiger partial charge is 0.294 e. The molecule has 1 heterocycles. The van der Waals surface area contributed by atoms with E-state index < -0.39 is 16.6 Å². The molecule has 0 fully saturated rings. The predicted octanol–water partition coefficient (Wildman–Crippen LogP) is 3.85. The fraction of sp³-hybridized carbons (Fsp3) is 0.111. The molecule has 0 aliphatic heterocycles. The molecule has 0 N–H and O–H groups in total. The van der Waals surface area contributed by atoms with Gasteiger partial charge in [0.2, 0.25) is 0 Å². The molecule has 0 saturated carbocycles. The maximum Gasteiger partial charge on any atom is 0.294 e. The van der Waals surface area contributed by atoms with Gasteiger partial charge in [-0.1, -0.05) is 17.7 Å². The van der Waals surface area contributed by atoms with Crippen LogP contribution >= 0.6 is 11.6 Å². The molecule has 3 rings (SSSR count). The zero-order valence-electron chi connectivity index (χ0n) is 14.2. The lowest BCUT2D eigenvalue weighted by atomic mass is 10.1. The molecule has 0 bridgehead atoms. The van der Waals surface area contributed by atoms with Gasteiger partial charge >= 0.3 is 0 Å². The first-order valence-corrected chi connectivity index (χ1v) is 8.21. The first-order valence-electron chi connectivity index (χ1n) is 7.83. The third-order valence-corrected chi connectivity index (χ3v) is 4.36. The highest BCUT2D eigenvalue weighted by atomic mass is 35.5. The van der Waals surface area contributed by atoms with Gasteiger partial charge in [0.25, 0.3) is 11.6 Å². The molecule has 0 atom stereocenters. The number of hydrogen-bond donors (Lipinski definition) is 0. The van der Waals surface area contributed by atoms with Crippen LogP contribution in [0.25, 0.3) is 5.69 Å². The number of carbonyl (C=O) groups excluding carboxylic acids is 1. The molecule has 0 aliphatic carbocycles. The average Bonchev–Trinajstić information content (AvgIpc) is 3.18. The first kappa shape index (κ1) is 18.5. The van der Waals surface area contributed by atoms with Crippen molar-refractivity contribution in [3.05, 3.63) is 87.2 Å². The molecule has 2 aromatic carbocycles. The largest absolute Gasteiger partial charge is 0.337 e. The minimum absolute atomic E-state index is 0.0680. The van der Waals surface area contributed by atoms with Crippen molar-refractivity contribution < 1.29 is 14.1 Å². The topological polar surface area (TPSA) is 81.3 Å². The lowest BCUT2D eigenvalue weighted by Gasteiger charge is -2.18. The number of nitro benzene ring substituents is 1. The molecule has 27 heavy (non-hydrogen) atoms. The minimum atomic E-state index is -0.570. The predicted molar refractivity (Wildman–Crippen MR) is 97.4 cm³/mol. The number of nitrogens with zero attached hydrogens (tertiary/aromatic N) is 4. The van der Waals surface area contributed by atoms with E-state index in [1.807, 2.05) is 0 Å². The van der Waals surface area contributed by atoms with Gasteiger partial charge in [-0.05, 0) is 24.3 Å². The van der Waals surface area contributed by atoms with E-state index in [9.17, 15) is 19.3 Å². The van der Waals surface area contributed by atoms with E-state index in [0.717, 1.165) is 0 Å². The summed E-state index contributed by atoms with van der Waals surface area (Å²) >= 11 is 5.99. The Kier molecular flexibility index (Phi) is 5.18. The van der Waals surface area contributed by atoms with Gasteiger partial charge in [0, 0.05) is 48.2 Å². The van der Waals surface area contributed by atoms with E-state index in [-0.39, 0.29) is 34.1 Å². The van der Waals surface area contributed by atoms with Gasteiger partial charge in [0.1, 0.15) is 11.5 Å². The van der Waals surface area contributed by atoms with Gasteiger partial charge in [-0.25, -0.2) is 9.37 Å². The van der Waals surface area contributed by atoms with Crippen molar-refractivity contribution in [2.45, 2.75) is 6.54 Å². The number of halogens is 2. The van der Waals surface area contributed by atoms with Crippen LogP contribution in [0.1, 0.15) is 15.9 Å². The van der Waals surface area contributed by atoms with Crippen molar-refractivity contribution in [3.63, 3.8) is 0 Å². The van der Waals surface area contributed by atoms with Gasteiger partial charge in [0.15, 0.2) is 0 Å². The van der Waals surface area contributed by atoms with Gasteiger partial charge in [-0.2, -0.15) is 0 Å². The Bertz CT molecular complexity index is 988. The third-order valence-electron chi connectivity index (χ3n) is 4.01. The second-order valence-corrected chi connectivity index (χ2v) is 6.20. The first-order chi connectivity index (χ1) is 12.9. The van der Waals surface area contributed by atoms with Crippen molar-refractivity contribution in [2.75, 3.05) is 7.05 Å². The summed E-state index contributed by atoms with van der Waals surface area (Å²) in [4.78, 5) is 28.6. The summed E-state index contributed by atoms with van der Waals surface area (Å²) in [6, 6.07) is 8.40. The van der Waals surface area contributed by atoms with Gasteiger partial charge in [-0.3, -0.25) is 14.9 Å². The van der Waals surface area contributed by atoms with Crippen LogP contribution in [0, 0.1) is 15.9 Å². The van der Waals surface area contributed by atoms with E-state index >= 15 is 0 Å². The zero-order chi connectivity index (χ0) is 19.6. The standard InChI is InChI=1S/C18H14ClFN4O3/c1-22(10-13-14(19)3-2-4-15(13)20)18(25)12-5-6-16(17(9-12)24(26)27)23-8-7-21-11-23/h2-9,11H,10H2,1H3. The Balaban J connectivity index is 1.90. The number of benzene rings is 2. The van der Waals surface area contributed by atoms with Crippen molar-refractivity contribution in [3.8, 4) is 5.69 Å². The van der Waals surface area contributed by atoms with Crippen LogP contribution in [0.2, 0.25) is 5.02 Å². The quantitative estimate of drug-likeness (QED) is 0.491. The molecule has 1 amide bonds. The lowest BCUT2D eigenvalue weighted by Crippen LogP contribution is -2.27. The monoisotopic (exact) mass is 388 g/mol. The molecule has 3 aromatic rings. The summed E-state index contributed by atoms with van der Waals surface area (Å²) in [6.07, 6.45) is 4.49. The summed E-state index contributed by atoms with van der Waals surface area (Å²) in [5.74, 6) is -1.02. The molecule has 0 saturated heterocycles. The highest BCUT2D eigenvalue weighted by Gasteiger charge is 2.21. The normalized spacial score (nSPS) is 10.6. The molecule has 0 radical (unpaired) electrons. The summed E-state index contributed by atoms with van der Waals surface area (Å²) in [5, 5.41) is 11.6. The second-order valence-electron chi connectivity index (χ2n) is 5.79. The van der Waals surface area contributed by atoms with Crippen molar-refractivity contribution >= 4 is 23.2 Å². The number of rotatable bonds is 5. The molecule has 7 nitrogen and oxygen atoms in total. The number of nitro groups is 1. The number of hydrogen-bond acceptors (Lipinski definition) is 4. The fourth-order valence-electron chi connectivity index (χ4n) is 2.64. The molecule has 0 spiro atoms. The van der Waals surface area contributed by atoms with Crippen LogP contribution in [0.5, 0.6) is 0 Å². The maximum atomic E-state index is 13.9. The van der Waals surface area contributed by atoms with E-state index in [0.29, 0.717) is 0 Å². The third kappa shape index (κ3) is 3.80. The van der Waals surface area contributed by atoms with Crippen molar-refractivity contribution in [2.24, 2.45) is 0 Å². The van der Waals surface area contributed by atoms with Crippen molar-refractivity contribution in [1.82, 2.24) is 14.5 Å². The molecule has 1 aromatic heterocycles. The summed E-state index contributed by atoms with van der Waals surface area (Å²) < 4.78 is 15.4. The Hall–Kier alpha value is -3.26. The lowest BCUT2D eigenvalue weighted by molar-refractivity contribution is -0.384. The van der Waals surface area contributed by atoms with E-state index in [1.54, 1.807) is 6.20 Å². The van der Waals surface area contributed by atoms with E-state index in [2.05, 4.69) is 4.98 Å². The van der Waals surface area contributed by atoms with Crippen LogP contribution in [-0.4, -0.2) is 32.3 Å².